The van der Waals surface area contributed by atoms with Crippen LogP contribution in [0.1, 0.15) is 110 Å². The van der Waals surface area contributed by atoms with Crippen molar-refractivity contribution in [2.45, 2.75) is 116 Å². The van der Waals surface area contributed by atoms with Crippen LogP contribution in [0.2, 0.25) is 0 Å². The maximum atomic E-state index is 5.92. The molecule has 0 aliphatic heterocycles. The van der Waals surface area contributed by atoms with Gasteiger partial charge in [0.1, 0.15) is 0 Å². The van der Waals surface area contributed by atoms with Gasteiger partial charge in [-0.25, -0.2) is 0 Å². The van der Waals surface area contributed by atoms with E-state index in [1.807, 2.05) is 0 Å². The third-order valence-corrected chi connectivity index (χ3v) is 4.36. The van der Waals surface area contributed by atoms with Gasteiger partial charge in [0.05, 0.1) is 0 Å². The van der Waals surface area contributed by atoms with Gasteiger partial charge in [0, 0.05) is 6.04 Å². The minimum absolute atomic E-state index is 0.442. The Morgan fingerprint density at radius 2 is 1.14 bits per heavy atom. The number of unbranched alkanes of at least 4 members (excludes halogenated alkanes) is 11. The molecule has 1 atom stereocenters. The van der Waals surface area contributed by atoms with E-state index < -0.39 is 0 Å². The molecule has 0 saturated carbocycles. The fraction of sp³-hybridized carbons (Fsp3) is 0.900. The lowest BCUT2D eigenvalue weighted by atomic mass is 10.0. The summed E-state index contributed by atoms with van der Waals surface area (Å²) in [6.07, 6.45) is 25.0. The van der Waals surface area contributed by atoms with Crippen LogP contribution in [-0.4, -0.2) is 6.04 Å². The van der Waals surface area contributed by atoms with E-state index in [2.05, 4.69) is 26.0 Å². The second-order valence-electron chi connectivity index (χ2n) is 6.54. The molecule has 2 N–H and O–H groups in total. The van der Waals surface area contributed by atoms with E-state index in [-0.39, 0.29) is 0 Å². The minimum Gasteiger partial charge on any atom is -0.328 e. The van der Waals surface area contributed by atoms with Crippen molar-refractivity contribution < 1.29 is 0 Å². The second-order valence-corrected chi connectivity index (χ2v) is 6.54. The van der Waals surface area contributed by atoms with Gasteiger partial charge in [-0.3, -0.25) is 0 Å². The average Bonchev–Trinajstić information content (AvgIpc) is 2.50. The zero-order valence-corrected chi connectivity index (χ0v) is 14.9. The van der Waals surface area contributed by atoms with Crippen molar-refractivity contribution in [1.82, 2.24) is 0 Å². The molecule has 0 fully saturated rings. The molecular formula is C20H41N. The molecule has 1 heteroatoms. The predicted octanol–water partition coefficient (Wildman–Crippen LogP) is 6.76. The first kappa shape index (κ1) is 20.7. The quantitative estimate of drug-likeness (QED) is 0.247. The Labute approximate surface area is 134 Å². The third kappa shape index (κ3) is 17.6. The summed E-state index contributed by atoms with van der Waals surface area (Å²) in [4.78, 5) is 0. The Kier molecular flexibility index (Phi) is 17.5. The largest absolute Gasteiger partial charge is 0.328 e. The summed E-state index contributed by atoms with van der Waals surface area (Å²) in [5.41, 5.74) is 5.92. The molecule has 0 saturated heterocycles. The third-order valence-electron chi connectivity index (χ3n) is 4.36. The Morgan fingerprint density at radius 1 is 0.667 bits per heavy atom. The van der Waals surface area contributed by atoms with Gasteiger partial charge in [-0.05, 0) is 38.5 Å². The maximum absolute atomic E-state index is 5.92. The number of hydrogen-bond acceptors (Lipinski definition) is 1. The van der Waals surface area contributed by atoms with Gasteiger partial charge in [0.15, 0.2) is 0 Å². The number of allylic oxidation sites excluding steroid dienone is 2. The molecule has 0 aromatic carbocycles. The lowest BCUT2D eigenvalue weighted by Gasteiger charge is -2.07. The first-order valence-electron chi connectivity index (χ1n) is 9.71. The van der Waals surface area contributed by atoms with Crippen LogP contribution in [0.4, 0.5) is 0 Å². The Balaban J connectivity index is 3.08. The van der Waals surface area contributed by atoms with E-state index in [9.17, 15) is 0 Å². The molecule has 1 nitrogen and oxygen atoms in total. The molecule has 21 heavy (non-hydrogen) atoms. The zero-order chi connectivity index (χ0) is 15.6. The highest BCUT2D eigenvalue weighted by Gasteiger charge is 1.98. The van der Waals surface area contributed by atoms with Crippen LogP contribution in [0, 0.1) is 0 Å². The monoisotopic (exact) mass is 295 g/mol. The van der Waals surface area contributed by atoms with Gasteiger partial charge in [0.25, 0.3) is 0 Å². The van der Waals surface area contributed by atoms with E-state index in [4.69, 9.17) is 5.73 Å². The number of nitrogens with two attached hydrogens (primary N) is 1. The molecule has 0 aliphatic carbocycles. The average molecular weight is 296 g/mol. The molecule has 126 valence electrons. The topological polar surface area (TPSA) is 26.0 Å². The Morgan fingerprint density at radius 3 is 1.67 bits per heavy atom. The molecule has 0 rings (SSSR count). The highest BCUT2D eigenvalue weighted by Crippen LogP contribution is 2.11. The van der Waals surface area contributed by atoms with E-state index >= 15 is 0 Å². The highest BCUT2D eigenvalue weighted by molar-refractivity contribution is 4.81. The van der Waals surface area contributed by atoms with Crippen molar-refractivity contribution >= 4 is 0 Å². The maximum Gasteiger partial charge on any atom is 0.00362 e. The molecule has 0 spiro atoms. The lowest BCUT2D eigenvalue weighted by Crippen LogP contribution is -2.17. The summed E-state index contributed by atoms with van der Waals surface area (Å²) in [6.45, 7) is 4.46. The molecular weight excluding hydrogens is 254 g/mol. The first-order valence-corrected chi connectivity index (χ1v) is 9.71. The summed E-state index contributed by atoms with van der Waals surface area (Å²) < 4.78 is 0. The van der Waals surface area contributed by atoms with Gasteiger partial charge in [-0.1, -0.05) is 83.8 Å². The number of rotatable bonds is 16. The molecule has 0 heterocycles. The molecule has 0 aromatic heterocycles. The van der Waals surface area contributed by atoms with E-state index in [0.717, 1.165) is 6.42 Å². The summed E-state index contributed by atoms with van der Waals surface area (Å²) in [5, 5.41) is 0. The van der Waals surface area contributed by atoms with Gasteiger partial charge in [-0.2, -0.15) is 0 Å². The molecule has 0 aliphatic rings. The van der Waals surface area contributed by atoms with Crippen LogP contribution >= 0.6 is 0 Å². The molecule has 0 amide bonds. The Bertz CT molecular complexity index is 210. The fourth-order valence-electron chi connectivity index (χ4n) is 2.68. The van der Waals surface area contributed by atoms with E-state index in [1.165, 1.54) is 89.9 Å². The van der Waals surface area contributed by atoms with Crippen molar-refractivity contribution in [3.63, 3.8) is 0 Å². The Hall–Kier alpha value is -0.300. The second kappa shape index (κ2) is 17.8. The summed E-state index contributed by atoms with van der Waals surface area (Å²) >= 11 is 0. The first-order chi connectivity index (χ1) is 10.3. The van der Waals surface area contributed by atoms with Crippen molar-refractivity contribution in [3.8, 4) is 0 Å². The van der Waals surface area contributed by atoms with Crippen LogP contribution in [0.5, 0.6) is 0 Å². The minimum atomic E-state index is 0.442. The lowest BCUT2D eigenvalue weighted by molar-refractivity contribution is 0.523. The van der Waals surface area contributed by atoms with Crippen molar-refractivity contribution in [1.29, 1.82) is 0 Å². The molecule has 0 bridgehead atoms. The highest BCUT2D eigenvalue weighted by atomic mass is 14.6. The normalized spacial score (nSPS) is 13.1. The van der Waals surface area contributed by atoms with E-state index in [1.54, 1.807) is 0 Å². The zero-order valence-electron chi connectivity index (χ0n) is 14.9. The smallest absolute Gasteiger partial charge is 0.00362 e. The van der Waals surface area contributed by atoms with Crippen molar-refractivity contribution in [2.24, 2.45) is 5.73 Å². The van der Waals surface area contributed by atoms with Gasteiger partial charge in [0.2, 0.25) is 0 Å². The van der Waals surface area contributed by atoms with Crippen molar-refractivity contribution in [3.05, 3.63) is 12.2 Å². The van der Waals surface area contributed by atoms with Crippen LogP contribution in [0.3, 0.4) is 0 Å². The predicted molar refractivity (Wildman–Crippen MR) is 97.7 cm³/mol. The summed E-state index contributed by atoms with van der Waals surface area (Å²) in [6, 6.07) is 0.442. The standard InChI is InChI=1S/C20H41N/c1-3-5-6-7-8-9-10-11-12-13-14-15-16-17-18-19-20(21)4-2/h10-11,20H,3-9,12-19,21H2,1-2H3. The molecule has 0 radical (unpaired) electrons. The molecule has 1 unspecified atom stereocenters. The van der Waals surface area contributed by atoms with E-state index in [0.29, 0.717) is 6.04 Å². The fourth-order valence-corrected chi connectivity index (χ4v) is 2.68. The van der Waals surface area contributed by atoms with Crippen molar-refractivity contribution in [2.75, 3.05) is 0 Å². The van der Waals surface area contributed by atoms with Gasteiger partial charge >= 0.3 is 0 Å². The van der Waals surface area contributed by atoms with Crippen LogP contribution in [-0.2, 0) is 0 Å². The van der Waals surface area contributed by atoms with Gasteiger partial charge in [-0.15, -0.1) is 0 Å². The molecule has 0 aromatic rings. The van der Waals surface area contributed by atoms with Crippen LogP contribution in [0.15, 0.2) is 12.2 Å². The number of hydrogen-bond donors (Lipinski definition) is 1. The van der Waals surface area contributed by atoms with Crippen LogP contribution in [0.25, 0.3) is 0 Å². The van der Waals surface area contributed by atoms with Gasteiger partial charge < -0.3 is 5.73 Å². The SMILES string of the molecule is CCCCCCCC=CCCCCCCCCC(N)CC. The summed E-state index contributed by atoms with van der Waals surface area (Å²) in [5.74, 6) is 0. The van der Waals surface area contributed by atoms with Crippen LogP contribution < -0.4 is 5.73 Å². The summed E-state index contributed by atoms with van der Waals surface area (Å²) in [7, 11) is 0.